The van der Waals surface area contributed by atoms with Crippen LogP contribution < -0.4 is 5.32 Å². The van der Waals surface area contributed by atoms with Crippen molar-refractivity contribution >= 4 is 11.9 Å². The van der Waals surface area contributed by atoms with Crippen LogP contribution in [0.3, 0.4) is 0 Å². The van der Waals surface area contributed by atoms with Gasteiger partial charge in [0.1, 0.15) is 5.82 Å². The summed E-state index contributed by atoms with van der Waals surface area (Å²) in [6.45, 7) is 2.10. The minimum atomic E-state index is -4.59. The van der Waals surface area contributed by atoms with Crippen LogP contribution in [0, 0.1) is 17.1 Å². The van der Waals surface area contributed by atoms with E-state index in [0.717, 1.165) is 32.0 Å². The zero-order valence-corrected chi connectivity index (χ0v) is 17.4. The lowest BCUT2D eigenvalue weighted by Gasteiger charge is -2.34. The number of aliphatic hydroxyl groups excluding tert-OH is 2. The highest BCUT2D eigenvalue weighted by Gasteiger charge is 2.34. The molecule has 1 saturated heterocycles. The maximum atomic E-state index is 13.2. The minimum Gasteiger partial charge on any atom is -0.479 e. The maximum absolute atomic E-state index is 13.2. The predicted molar refractivity (Wildman–Crippen MR) is 105 cm³/mol. The minimum absolute atomic E-state index is 0.0513. The second-order valence-electron chi connectivity index (χ2n) is 7.23. The van der Waals surface area contributed by atoms with Gasteiger partial charge in [-0.3, -0.25) is 4.90 Å². The van der Waals surface area contributed by atoms with Gasteiger partial charge in [0.2, 0.25) is 0 Å². The number of carbonyl (C=O) groups is 2. The molecule has 1 aliphatic heterocycles. The average molecular weight is 479 g/mol. The molecular weight excluding hydrogens is 454 g/mol. The number of alkyl halides is 3. The summed E-state index contributed by atoms with van der Waals surface area (Å²) in [5.41, 5.74) is -0.885. The molecule has 2 unspecified atom stereocenters. The standard InChI is InChI=1S/C16H19F4N3.C4H6O6/c17-13-3-2-12(15(10-13)16(18,19)20)11-23(9-1-6-21)14-4-7-22-8-5-14;5-1(3(7)8)2(6)4(9)10/h2-3,10,14,22H,1,4-5,7-9,11H2;1-2,5-6H,(H,7,8)(H,9,10). The number of carboxylic acid groups (broad SMARTS) is 2. The fraction of sp³-hybridized carbons (Fsp3) is 0.550. The maximum Gasteiger partial charge on any atom is 0.416 e. The van der Waals surface area contributed by atoms with Gasteiger partial charge in [-0.25, -0.2) is 14.0 Å². The quantitative estimate of drug-likeness (QED) is 0.346. The first-order valence-electron chi connectivity index (χ1n) is 9.87. The van der Waals surface area contributed by atoms with E-state index in [1.807, 2.05) is 11.0 Å². The van der Waals surface area contributed by atoms with Crippen molar-refractivity contribution in [2.75, 3.05) is 19.6 Å². The molecule has 0 bridgehead atoms. The molecule has 9 nitrogen and oxygen atoms in total. The van der Waals surface area contributed by atoms with Gasteiger partial charge in [-0.2, -0.15) is 18.4 Å². The molecule has 2 atom stereocenters. The number of nitrogens with one attached hydrogen (secondary N) is 1. The normalized spacial score (nSPS) is 16.3. The Bertz CT molecular complexity index is 822. The van der Waals surface area contributed by atoms with Crippen LogP contribution in [-0.4, -0.2) is 75.1 Å². The zero-order chi connectivity index (χ0) is 25.2. The van der Waals surface area contributed by atoms with Crippen molar-refractivity contribution in [3.05, 3.63) is 35.1 Å². The molecule has 33 heavy (non-hydrogen) atoms. The van der Waals surface area contributed by atoms with E-state index < -0.39 is 41.7 Å². The first-order chi connectivity index (χ1) is 15.4. The third-order valence-corrected chi connectivity index (χ3v) is 4.89. The summed E-state index contributed by atoms with van der Waals surface area (Å²) in [6, 6.07) is 4.96. The van der Waals surface area contributed by atoms with Crippen molar-refractivity contribution in [1.29, 1.82) is 5.26 Å². The van der Waals surface area contributed by atoms with Gasteiger partial charge in [0.15, 0.2) is 12.2 Å². The SMILES string of the molecule is N#CCCN(Cc1ccc(F)cc1C(F)(F)F)C1CCNCC1.O=C(O)C(O)C(O)C(=O)O. The van der Waals surface area contributed by atoms with Gasteiger partial charge >= 0.3 is 18.1 Å². The fourth-order valence-electron chi connectivity index (χ4n) is 3.20. The van der Waals surface area contributed by atoms with Gasteiger partial charge in [-0.1, -0.05) is 6.07 Å². The van der Waals surface area contributed by atoms with Crippen LogP contribution in [0.15, 0.2) is 18.2 Å². The summed E-state index contributed by atoms with van der Waals surface area (Å²) >= 11 is 0. The molecule has 1 aromatic carbocycles. The van der Waals surface area contributed by atoms with Gasteiger partial charge in [0.05, 0.1) is 11.6 Å². The van der Waals surface area contributed by atoms with Gasteiger partial charge in [-0.15, -0.1) is 0 Å². The third-order valence-electron chi connectivity index (χ3n) is 4.89. The van der Waals surface area contributed by atoms with Crippen LogP contribution in [0.1, 0.15) is 30.4 Å². The number of aliphatic hydroxyl groups is 2. The monoisotopic (exact) mass is 479 g/mol. The van der Waals surface area contributed by atoms with Crippen LogP contribution in [0.4, 0.5) is 17.6 Å². The molecule has 0 saturated carbocycles. The van der Waals surface area contributed by atoms with Gasteiger partial charge in [-0.05, 0) is 43.6 Å². The van der Waals surface area contributed by atoms with Crippen LogP contribution >= 0.6 is 0 Å². The summed E-state index contributed by atoms with van der Waals surface area (Å²) in [4.78, 5) is 21.5. The van der Waals surface area contributed by atoms with E-state index in [9.17, 15) is 27.2 Å². The largest absolute Gasteiger partial charge is 0.479 e. The smallest absolute Gasteiger partial charge is 0.416 e. The van der Waals surface area contributed by atoms with Crippen molar-refractivity contribution in [2.24, 2.45) is 0 Å². The number of rotatable bonds is 8. The molecule has 0 aliphatic carbocycles. The number of carboxylic acids is 2. The molecule has 0 amide bonds. The van der Waals surface area contributed by atoms with Crippen molar-refractivity contribution in [2.45, 2.75) is 50.2 Å². The Labute approximate surface area is 186 Å². The number of benzene rings is 1. The highest BCUT2D eigenvalue weighted by molar-refractivity contribution is 5.83. The predicted octanol–water partition coefficient (Wildman–Crippen LogP) is 1.19. The molecule has 1 aliphatic rings. The number of piperidine rings is 1. The molecular formula is C20H25F4N3O6. The van der Waals surface area contributed by atoms with E-state index in [2.05, 4.69) is 5.32 Å². The summed E-state index contributed by atoms with van der Waals surface area (Å²) in [5, 5.41) is 44.5. The molecule has 0 aromatic heterocycles. The second-order valence-corrected chi connectivity index (χ2v) is 7.23. The van der Waals surface area contributed by atoms with Gasteiger partial charge < -0.3 is 25.7 Å². The Morgan fingerprint density at radius 3 is 2.15 bits per heavy atom. The lowest BCUT2D eigenvalue weighted by atomic mass is 10.0. The van der Waals surface area contributed by atoms with E-state index in [4.69, 9.17) is 25.7 Å². The van der Waals surface area contributed by atoms with E-state index in [1.54, 1.807) is 0 Å². The Morgan fingerprint density at radius 2 is 1.70 bits per heavy atom. The topological polar surface area (TPSA) is 154 Å². The number of aliphatic carboxylic acids is 2. The molecule has 0 radical (unpaired) electrons. The van der Waals surface area contributed by atoms with Crippen molar-refractivity contribution in [1.82, 2.24) is 10.2 Å². The second kappa shape index (κ2) is 13.0. The molecule has 5 N–H and O–H groups in total. The summed E-state index contributed by atoms with van der Waals surface area (Å²) in [5.74, 6) is -4.43. The summed E-state index contributed by atoms with van der Waals surface area (Å²) in [7, 11) is 0. The van der Waals surface area contributed by atoms with Crippen molar-refractivity contribution < 1.29 is 47.6 Å². The first kappa shape index (κ1) is 28.2. The highest BCUT2D eigenvalue weighted by atomic mass is 19.4. The van der Waals surface area contributed by atoms with Crippen LogP contribution in [0.2, 0.25) is 0 Å². The Balaban J connectivity index is 0.000000461. The Kier molecular flexibility index (Phi) is 11.2. The highest BCUT2D eigenvalue weighted by Crippen LogP contribution is 2.33. The van der Waals surface area contributed by atoms with E-state index in [-0.39, 0.29) is 24.6 Å². The van der Waals surface area contributed by atoms with Crippen molar-refractivity contribution in [3.8, 4) is 6.07 Å². The summed E-state index contributed by atoms with van der Waals surface area (Å²) in [6.07, 6.45) is -7.21. The Morgan fingerprint density at radius 1 is 1.15 bits per heavy atom. The molecule has 1 fully saturated rings. The number of hydrogen-bond donors (Lipinski definition) is 5. The van der Waals surface area contributed by atoms with E-state index >= 15 is 0 Å². The molecule has 184 valence electrons. The number of halogens is 4. The lowest BCUT2D eigenvalue weighted by molar-refractivity contribution is -0.165. The number of nitrogens with zero attached hydrogens (tertiary/aromatic N) is 2. The first-order valence-corrected chi connectivity index (χ1v) is 9.87. The van der Waals surface area contributed by atoms with Crippen molar-refractivity contribution in [3.63, 3.8) is 0 Å². The lowest BCUT2D eigenvalue weighted by Crippen LogP contribution is -2.43. The fourth-order valence-corrected chi connectivity index (χ4v) is 3.20. The van der Waals surface area contributed by atoms with Crippen LogP contribution in [0.5, 0.6) is 0 Å². The van der Waals surface area contributed by atoms with Gasteiger partial charge in [0, 0.05) is 25.6 Å². The Hall–Kier alpha value is -2.79. The molecule has 1 aromatic rings. The van der Waals surface area contributed by atoms with Crippen LogP contribution in [-0.2, 0) is 22.3 Å². The van der Waals surface area contributed by atoms with E-state index in [1.165, 1.54) is 6.07 Å². The van der Waals surface area contributed by atoms with E-state index in [0.29, 0.717) is 12.6 Å². The third kappa shape index (κ3) is 9.30. The molecule has 13 heteroatoms. The van der Waals surface area contributed by atoms with Gasteiger partial charge in [0.25, 0.3) is 0 Å². The molecule has 2 rings (SSSR count). The summed E-state index contributed by atoms with van der Waals surface area (Å²) < 4.78 is 52.6. The molecule has 0 spiro atoms. The number of hydrogen-bond acceptors (Lipinski definition) is 7. The average Bonchev–Trinajstić information content (AvgIpc) is 2.76. The number of nitriles is 1. The van der Waals surface area contributed by atoms with Crippen LogP contribution in [0.25, 0.3) is 0 Å². The zero-order valence-electron chi connectivity index (χ0n) is 17.4. The molecule has 1 heterocycles.